The monoisotopic (exact) mass is 265 g/mol. The number of hydrogen-bond acceptors (Lipinski definition) is 3. The number of nitrogens with one attached hydrogen (secondary N) is 1. The van der Waals surface area contributed by atoms with Crippen LogP contribution in [0, 0.1) is 11.7 Å². The van der Waals surface area contributed by atoms with Gasteiger partial charge in [-0.2, -0.15) is 5.10 Å². The van der Waals surface area contributed by atoms with Gasteiger partial charge in [-0.25, -0.2) is 4.39 Å². The zero-order valence-corrected chi connectivity index (χ0v) is 11.4. The average Bonchev–Trinajstić information content (AvgIpc) is 2.76. The molecule has 2 rings (SSSR count). The van der Waals surface area contributed by atoms with E-state index in [1.807, 2.05) is 0 Å². The predicted molar refractivity (Wildman–Crippen MR) is 74.6 cm³/mol. The minimum Gasteiger partial charge on any atom is -0.493 e. The van der Waals surface area contributed by atoms with Crippen LogP contribution in [0.15, 0.2) is 12.1 Å². The number of hydrogen-bond donors (Lipinski definition) is 2. The van der Waals surface area contributed by atoms with Crippen LogP contribution in [0.3, 0.4) is 0 Å². The number of nitrogen functional groups attached to an aromatic ring is 1. The van der Waals surface area contributed by atoms with Gasteiger partial charge in [-0.15, -0.1) is 0 Å². The number of nitrogens with two attached hydrogens (primary N) is 1. The highest BCUT2D eigenvalue weighted by atomic mass is 19.1. The van der Waals surface area contributed by atoms with Crippen molar-refractivity contribution in [2.45, 2.75) is 33.1 Å². The second-order valence-corrected chi connectivity index (χ2v) is 4.81. The highest BCUT2D eigenvalue weighted by Gasteiger charge is 2.12. The maximum Gasteiger partial charge on any atom is 0.156 e. The number of aromatic nitrogens is 2. The molecule has 0 radical (unpaired) electrons. The molecule has 3 N–H and O–H groups in total. The van der Waals surface area contributed by atoms with Crippen molar-refractivity contribution in [3.05, 3.63) is 17.9 Å². The molecule has 1 aromatic heterocycles. The molecular formula is C14H20FN3O. The van der Waals surface area contributed by atoms with Crippen molar-refractivity contribution in [3.63, 3.8) is 0 Å². The Morgan fingerprint density at radius 2 is 2.21 bits per heavy atom. The first kappa shape index (κ1) is 13.6. The highest BCUT2D eigenvalue weighted by Crippen LogP contribution is 2.27. The molecule has 1 atom stereocenters. The SMILES string of the molecule is CCCC(CC)COc1cc(F)c2c(N)n[nH]c2c1. The molecule has 0 saturated carbocycles. The van der Waals surface area contributed by atoms with Crippen LogP contribution >= 0.6 is 0 Å². The van der Waals surface area contributed by atoms with Gasteiger partial charge in [0.15, 0.2) is 5.82 Å². The van der Waals surface area contributed by atoms with Gasteiger partial charge in [0.1, 0.15) is 11.6 Å². The van der Waals surface area contributed by atoms with Crippen molar-refractivity contribution >= 4 is 16.7 Å². The van der Waals surface area contributed by atoms with Crippen molar-refractivity contribution in [2.75, 3.05) is 12.3 Å². The summed E-state index contributed by atoms with van der Waals surface area (Å²) in [4.78, 5) is 0. The standard InChI is InChI=1S/C14H20FN3O/c1-3-5-9(4-2)8-19-10-6-11(15)13-12(7-10)17-18-14(13)16/h6-7,9H,3-5,8H2,1-2H3,(H3,16,17,18). The van der Waals surface area contributed by atoms with Gasteiger partial charge in [0.25, 0.3) is 0 Å². The van der Waals surface area contributed by atoms with E-state index in [4.69, 9.17) is 10.5 Å². The lowest BCUT2D eigenvalue weighted by molar-refractivity contribution is 0.234. The quantitative estimate of drug-likeness (QED) is 0.840. The Bertz CT molecular complexity index is 553. The third-order valence-corrected chi connectivity index (χ3v) is 3.38. The first-order valence-electron chi connectivity index (χ1n) is 6.71. The van der Waals surface area contributed by atoms with Crippen LogP contribution in [0.2, 0.25) is 0 Å². The fourth-order valence-electron chi connectivity index (χ4n) is 2.22. The Hall–Kier alpha value is -1.78. The second kappa shape index (κ2) is 5.91. The molecular weight excluding hydrogens is 245 g/mol. The first-order valence-corrected chi connectivity index (χ1v) is 6.71. The predicted octanol–water partition coefficient (Wildman–Crippen LogP) is 3.49. The van der Waals surface area contributed by atoms with Gasteiger partial charge >= 0.3 is 0 Å². The van der Waals surface area contributed by atoms with Crippen LogP contribution in [0.1, 0.15) is 33.1 Å². The molecule has 0 aliphatic rings. The zero-order chi connectivity index (χ0) is 13.8. The van der Waals surface area contributed by atoms with E-state index < -0.39 is 5.82 Å². The molecule has 5 heteroatoms. The third kappa shape index (κ3) is 2.97. The summed E-state index contributed by atoms with van der Waals surface area (Å²) in [5.74, 6) is 0.803. The fourth-order valence-corrected chi connectivity index (χ4v) is 2.22. The summed E-state index contributed by atoms with van der Waals surface area (Å²) in [7, 11) is 0. The van der Waals surface area contributed by atoms with Crippen molar-refractivity contribution in [2.24, 2.45) is 5.92 Å². The van der Waals surface area contributed by atoms with Crippen molar-refractivity contribution in [1.82, 2.24) is 10.2 Å². The number of nitrogens with zero attached hydrogens (tertiary/aromatic N) is 1. The summed E-state index contributed by atoms with van der Waals surface area (Å²) in [5.41, 5.74) is 6.15. The molecule has 0 saturated heterocycles. The molecule has 0 amide bonds. The topological polar surface area (TPSA) is 63.9 Å². The van der Waals surface area contributed by atoms with Crippen LogP contribution in [0.25, 0.3) is 10.9 Å². The molecule has 1 heterocycles. The van der Waals surface area contributed by atoms with E-state index in [0.29, 0.717) is 29.2 Å². The average molecular weight is 265 g/mol. The van der Waals surface area contributed by atoms with E-state index in [2.05, 4.69) is 24.0 Å². The fraction of sp³-hybridized carbons (Fsp3) is 0.500. The molecule has 2 aromatic rings. The van der Waals surface area contributed by atoms with Gasteiger partial charge in [0.05, 0.1) is 17.5 Å². The summed E-state index contributed by atoms with van der Waals surface area (Å²) >= 11 is 0. The van der Waals surface area contributed by atoms with Crippen LogP contribution in [-0.4, -0.2) is 16.8 Å². The third-order valence-electron chi connectivity index (χ3n) is 3.38. The van der Waals surface area contributed by atoms with E-state index in [-0.39, 0.29) is 5.82 Å². The molecule has 1 unspecified atom stereocenters. The minimum absolute atomic E-state index is 0.177. The first-order chi connectivity index (χ1) is 9.15. The molecule has 1 aromatic carbocycles. The number of benzene rings is 1. The van der Waals surface area contributed by atoms with Crippen LogP contribution < -0.4 is 10.5 Å². The van der Waals surface area contributed by atoms with Gasteiger partial charge in [0, 0.05) is 12.1 Å². The van der Waals surface area contributed by atoms with Gasteiger partial charge in [-0.05, 0) is 12.3 Å². The van der Waals surface area contributed by atoms with Crippen LogP contribution in [-0.2, 0) is 0 Å². The summed E-state index contributed by atoms with van der Waals surface area (Å²) in [6.45, 7) is 4.91. The smallest absolute Gasteiger partial charge is 0.156 e. The number of H-pyrrole nitrogens is 1. The Balaban J connectivity index is 2.13. The molecule has 104 valence electrons. The second-order valence-electron chi connectivity index (χ2n) is 4.81. The van der Waals surface area contributed by atoms with E-state index in [9.17, 15) is 4.39 Å². The molecule has 0 fully saturated rings. The van der Waals surface area contributed by atoms with Gasteiger partial charge < -0.3 is 10.5 Å². The number of rotatable bonds is 6. The number of ether oxygens (including phenoxy) is 1. The molecule has 0 bridgehead atoms. The Morgan fingerprint density at radius 3 is 2.89 bits per heavy atom. The Labute approximate surface area is 112 Å². The van der Waals surface area contributed by atoms with Gasteiger partial charge in [0.2, 0.25) is 0 Å². The summed E-state index contributed by atoms with van der Waals surface area (Å²) < 4.78 is 19.6. The number of halogens is 1. The highest BCUT2D eigenvalue weighted by molar-refractivity contribution is 5.90. The normalized spacial score (nSPS) is 12.8. The summed E-state index contributed by atoms with van der Waals surface area (Å²) in [6.07, 6.45) is 3.32. The van der Waals surface area contributed by atoms with Crippen molar-refractivity contribution in [1.29, 1.82) is 0 Å². The van der Waals surface area contributed by atoms with Gasteiger partial charge in [-0.1, -0.05) is 26.7 Å². The lowest BCUT2D eigenvalue weighted by atomic mass is 10.0. The molecule has 19 heavy (non-hydrogen) atoms. The largest absolute Gasteiger partial charge is 0.493 e. The zero-order valence-electron chi connectivity index (χ0n) is 11.4. The van der Waals surface area contributed by atoms with Crippen LogP contribution in [0.5, 0.6) is 5.75 Å². The van der Waals surface area contributed by atoms with E-state index >= 15 is 0 Å². The van der Waals surface area contributed by atoms with Crippen molar-refractivity contribution in [3.8, 4) is 5.75 Å². The van der Waals surface area contributed by atoms with E-state index in [1.165, 1.54) is 6.07 Å². The Morgan fingerprint density at radius 1 is 1.42 bits per heavy atom. The lowest BCUT2D eigenvalue weighted by Crippen LogP contribution is -2.11. The molecule has 0 aliphatic heterocycles. The number of aromatic amines is 1. The number of anilines is 1. The molecule has 0 spiro atoms. The Kier molecular flexibility index (Phi) is 4.24. The van der Waals surface area contributed by atoms with Crippen LogP contribution in [0.4, 0.5) is 10.2 Å². The van der Waals surface area contributed by atoms with E-state index in [0.717, 1.165) is 19.3 Å². The minimum atomic E-state index is -0.401. The maximum absolute atomic E-state index is 13.9. The molecule has 0 aliphatic carbocycles. The summed E-state index contributed by atoms with van der Waals surface area (Å²) in [5, 5.41) is 6.82. The maximum atomic E-state index is 13.9. The van der Waals surface area contributed by atoms with E-state index in [1.54, 1.807) is 6.07 Å². The lowest BCUT2D eigenvalue weighted by Gasteiger charge is -2.15. The summed E-state index contributed by atoms with van der Waals surface area (Å²) in [6, 6.07) is 3.10. The van der Waals surface area contributed by atoms with Crippen molar-refractivity contribution < 1.29 is 9.13 Å². The number of fused-ring (bicyclic) bond motifs is 1. The molecule has 4 nitrogen and oxygen atoms in total. The van der Waals surface area contributed by atoms with Gasteiger partial charge in [-0.3, -0.25) is 5.10 Å².